The Balaban J connectivity index is 2.00. The molecule has 11 nitrogen and oxygen atoms in total. The van der Waals surface area contributed by atoms with Gasteiger partial charge in [0.25, 0.3) is 13.7 Å². The molecule has 1 aliphatic heterocycles. The predicted molar refractivity (Wildman–Crippen MR) is 104 cm³/mol. The van der Waals surface area contributed by atoms with Crippen LogP contribution in [0.4, 0.5) is 0 Å². The molecule has 0 aromatic carbocycles. The first-order valence-corrected chi connectivity index (χ1v) is 10.6. The Kier molecular flexibility index (Phi) is 7.83. The average Bonchev–Trinajstić information content (AvgIpc) is 2.82. The second kappa shape index (κ2) is 9.55. The molecule has 3 N–H and O–H groups in total. The zero-order valence-electron chi connectivity index (χ0n) is 16.4. The van der Waals surface area contributed by atoms with Crippen LogP contribution in [0, 0.1) is 0 Å². The summed E-state index contributed by atoms with van der Waals surface area (Å²) in [4.78, 5) is 35.6. The lowest BCUT2D eigenvalue weighted by atomic mass is 10.0. The molecular weight excluding hydrogens is 429 g/mol. The van der Waals surface area contributed by atoms with Gasteiger partial charge in [0.05, 0.1) is 12.7 Å². The molecule has 13 heteroatoms. The summed E-state index contributed by atoms with van der Waals surface area (Å²) in [5.74, 6) is -0.579. The van der Waals surface area contributed by atoms with Crippen molar-refractivity contribution in [1.82, 2.24) is 14.6 Å². The molecule has 1 saturated heterocycles. The molecular formula is C16H25ClN3O8P. The lowest BCUT2D eigenvalue weighted by Gasteiger charge is -2.26. The minimum absolute atomic E-state index is 0.311. The SMILES string of the molecule is CC(C)OC(=O)[C@@H](C)N[PH](=O)OC[C@H]1O[C@@H](n2ccc(=O)[nH]c2=O)[C@](C)(Cl)[C@@H]1O. The third kappa shape index (κ3) is 5.78. The summed E-state index contributed by atoms with van der Waals surface area (Å²) < 4.78 is 29.0. The summed E-state index contributed by atoms with van der Waals surface area (Å²) in [7, 11) is -2.86. The Morgan fingerprint density at radius 1 is 1.48 bits per heavy atom. The lowest BCUT2D eigenvalue weighted by Crippen LogP contribution is -2.43. The molecule has 0 bridgehead atoms. The van der Waals surface area contributed by atoms with Crippen LogP contribution < -0.4 is 16.3 Å². The summed E-state index contributed by atoms with van der Waals surface area (Å²) in [5, 5.41) is 13.0. The molecule has 1 aromatic heterocycles. The molecule has 29 heavy (non-hydrogen) atoms. The minimum Gasteiger partial charge on any atom is -0.462 e. The van der Waals surface area contributed by atoms with Gasteiger partial charge >= 0.3 is 11.7 Å². The molecule has 0 spiro atoms. The number of hydrogen-bond acceptors (Lipinski definition) is 8. The van der Waals surface area contributed by atoms with E-state index in [0.29, 0.717) is 0 Å². The highest BCUT2D eigenvalue weighted by atomic mass is 35.5. The smallest absolute Gasteiger partial charge is 0.330 e. The Morgan fingerprint density at radius 3 is 2.72 bits per heavy atom. The number of ether oxygens (including phenoxy) is 2. The third-order valence-corrected chi connectivity index (χ3v) is 5.75. The van der Waals surface area contributed by atoms with Gasteiger partial charge in [0.2, 0.25) is 0 Å². The van der Waals surface area contributed by atoms with Crippen molar-refractivity contribution in [3.8, 4) is 0 Å². The highest BCUT2D eigenvalue weighted by Gasteiger charge is 2.53. The Bertz CT molecular complexity index is 870. The number of esters is 1. The monoisotopic (exact) mass is 453 g/mol. The van der Waals surface area contributed by atoms with Crippen LogP contribution in [0.5, 0.6) is 0 Å². The van der Waals surface area contributed by atoms with Gasteiger partial charge in [-0.25, -0.2) is 9.88 Å². The van der Waals surface area contributed by atoms with Crippen molar-refractivity contribution >= 4 is 25.7 Å². The Hall–Kier alpha value is -1.49. The number of rotatable bonds is 8. The standard InChI is InChI=1S/C16H25ClN3O8P/c1-8(2)27-13(23)9(3)19-29(25)26-7-10-12(22)16(4,17)14(28-10)20-6-5-11(21)18-15(20)24/h5-6,8-10,12,14,22,29H,7H2,1-4H3,(H,19,25)(H,18,21,24)/t9-,10-,12-,14-,16-/m1/s1. The van der Waals surface area contributed by atoms with Crippen molar-refractivity contribution in [1.29, 1.82) is 0 Å². The van der Waals surface area contributed by atoms with Crippen molar-refractivity contribution in [2.45, 2.75) is 63.2 Å². The van der Waals surface area contributed by atoms with Gasteiger partial charge in [-0.2, -0.15) is 0 Å². The molecule has 0 saturated carbocycles. The van der Waals surface area contributed by atoms with E-state index < -0.39 is 54.7 Å². The number of aliphatic hydroxyl groups is 1. The maximum absolute atomic E-state index is 12.1. The van der Waals surface area contributed by atoms with Crippen LogP contribution in [0.2, 0.25) is 0 Å². The fourth-order valence-electron chi connectivity index (χ4n) is 2.73. The summed E-state index contributed by atoms with van der Waals surface area (Å²) >= 11 is 6.39. The summed E-state index contributed by atoms with van der Waals surface area (Å²) in [6.07, 6.45) is -2.49. The second-order valence-corrected chi connectivity index (χ2v) is 9.06. The number of nitrogens with one attached hydrogen (secondary N) is 2. The van der Waals surface area contributed by atoms with E-state index in [9.17, 15) is 24.1 Å². The highest BCUT2D eigenvalue weighted by molar-refractivity contribution is 7.36. The number of H-pyrrole nitrogens is 1. The fraction of sp³-hybridized carbons (Fsp3) is 0.688. The van der Waals surface area contributed by atoms with Gasteiger partial charge in [-0.15, -0.1) is 11.6 Å². The van der Waals surface area contributed by atoms with Crippen LogP contribution in [0.1, 0.15) is 33.9 Å². The van der Waals surface area contributed by atoms with Crippen molar-refractivity contribution in [2.75, 3.05) is 6.61 Å². The maximum Gasteiger partial charge on any atom is 0.330 e. The summed E-state index contributed by atoms with van der Waals surface area (Å²) in [5.41, 5.74) is -1.34. The van der Waals surface area contributed by atoms with Gasteiger partial charge in [-0.1, -0.05) is 0 Å². The second-order valence-electron chi connectivity index (χ2n) is 7.09. The number of alkyl halides is 1. The van der Waals surface area contributed by atoms with Crippen molar-refractivity contribution < 1.29 is 28.5 Å². The van der Waals surface area contributed by atoms with Crippen LogP contribution in [0.15, 0.2) is 21.9 Å². The van der Waals surface area contributed by atoms with E-state index in [-0.39, 0.29) is 12.7 Å². The average molecular weight is 454 g/mol. The van der Waals surface area contributed by atoms with Crippen molar-refractivity contribution in [3.63, 3.8) is 0 Å². The van der Waals surface area contributed by atoms with E-state index in [1.54, 1.807) is 13.8 Å². The predicted octanol–water partition coefficient (Wildman–Crippen LogP) is 0.128. The van der Waals surface area contributed by atoms with E-state index in [0.717, 1.165) is 10.6 Å². The maximum atomic E-state index is 12.1. The largest absolute Gasteiger partial charge is 0.462 e. The van der Waals surface area contributed by atoms with E-state index in [1.807, 2.05) is 0 Å². The molecule has 0 aliphatic carbocycles. The molecule has 2 heterocycles. The topological polar surface area (TPSA) is 149 Å². The van der Waals surface area contributed by atoms with Gasteiger partial charge in [0.1, 0.15) is 23.1 Å². The number of hydrogen-bond donors (Lipinski definition) is 3. The van der Waals surface area contributed by atoms with Crippen molar-refractivity contribution in [3.05, 3.63) is 33.1 Å². The molecule has 2 rings (SSSR count). The number of aliphatic hydroxyl groups excluding tert-OH is 1. The van der Waals surface area contributed by atoms with Crippen LogP contribution in [0.3, 0.4) is 0 Å². The van der Waals surface area contributed by atoms with Gasteiger partial charge in [0, 0.05) is 12.3 Å². The van der Waals surface area contributed by atoms with Gasteiger partial charge < -0.3 is 19.1 Å². The fourth-order valence-corrected chi connectivity index (χ4v) is 3.90. The summed E-state index contributed by atoms with van der Waals surface area (Å²) in [6, 6.07) is 0.262. The van der Waals surface area contributed by atoms with Crippen LogP contribution >= 0.6 is 19.8 Å². The minimum atomic E-state index is -2.86. The first-order chi connectivity index (χ1) is 13.4. The molecule has 6 atom stereocenters. The lowest BCUT2D eigenvalue weighted by molar-refractivity contribution is -0.149. The number of carbonyl (C=O) groups is 1. The highest BCUT2D eigenvalue weighted by Crippen LogP contribution is 2.43. The molecule has 164 valence electrons. The number of aromatic amines is 1. The number of carbonyl (C=O) groups excluding carboxylic acids is 1. The molecule has 0 amide bonds. The van der Waals surface area contributed by atoms with Crippen LogP contribution in [-0.2, 0) is 23.4 Å². The first kappa shape index (κ1) is 23.8. The quantitative estimate of drug-likeness (QED) is 0.283. The molecule has 1 aromatic rings. The Labute approximate surface area is 172 Å². The number of halogens is 1. The number of aromatic nitrogens is 2. The molecule has 0 radical (unpaired) electrons. The molecule has 1 fully saturated rings. The summed E-state index contributed by atoms with van der Waals surface area (Å²) in [6.45, 7) is 6.01. The van der Waals surface area contributed by atoms with Gasteiger partial charge in [0.15, 0.2) is 6.23 Å². The van der Waals surface area contributed by atoms with E-state index >= 15 is 0 Å². The van der Waals surface area contributed by atoms with Crippen LogP contribution in [0.25, 0.3) is 0 Å². The van der Waals surface area contributed by atoms with E-state index in [4.69, 9.17) is 25.6 Å². The zero-order chi connectivity index (χ0) is 21.9. The first-order valence-electron chi connectivity index (χ1n) is 8.91. The normalized spacial score (nSPS) is 29.0. The van der Waals surface area contributed by atoms with Crippen LogP contribution in [-0.4, -0.2) is 56.5 Å². The van der Waals surface area contributed by atoms with Gasteiger partial charge in [-0.05, 0) is 27.7 Å². The Morgan fingerprint density at radius 2 is 2.14 bits per heavy atom. The van der Waals surface area contributed by atoms with E-state index in [2.05, 4.69) is 10.1 Å². The van der Waals surface area contributed by atoms with Crippen molar-refractivity contribution in [2.24, 2.45) is 0 Å². The number of nitrogens with zero attached hydrogens (tertiary/aromatic N) is 1. The van der Waals surface area contributed by atoms with E-state index in [1.165, 1.54) is 20.0 Å². The molecule has 1 aliphatic rings. The van der Waals surface area contributed by atoms with Gasteiger partial charge in [-0.3, -0.25) is 23.7 Å². The molecule has 1 unspecified atom stereocenters. The zero-order valence-corrected chi connectivity index (χ0v) is 18.1. The third-order valence-electron chi connectivity index (χ3n) is 4.24.